The second-order valence-corrected chi connectivity index (χ2v) is 2.14. The minimum absolute atomic E-state index is 0.247. The van der Waals surface area contributed by atoms with E-state index < -0.39 is 17.9 Å². The number of carbonyl (C=O) groups is 2. The van der Waals surface area contributed by atoms with Crippen LogP contribution in [0.5, 0.6) is 0 Å². The number of aliphatic hydroxyl groups is 1. The summed E-state index contributed by atoms with van der Waals surface area (Å²) in [6.45, 7) is 3.16. The Bertz CT molecular complexity index is 153. The van der Waals surface area contributed by atoms with Gasteiger partial charge in [-0.3, -0.25) is 9.59 Å². The second kappa shape index (κ2) is 4.85. The summed E-state index contributed by atoms with van der Waals surface area (Å²) in [4.78, 5) is 21.0. The van der Waals surface area contributed by atoms with Gasteiger partial charge in [-0.05, 0) is 13.8 Å². The summed E-state index contributed by atoms with van der Waals surface area (Å²) in [5.74, 6) is -0.965. The molecule has 0 spiro atoms. The van der Waals surface area contributed by atoms with E-state index in [0.717, 1.165) is 0 Å². The number of rotatable bonds is 4. The van der Waals surface area contributed by atoms with E-state index in [-0.39, 0.29) is 13.0 Å². The summed E-state index contributed by atoms with van der Waals surface area (Å²) in [5.41, 5.74) is 0. The zero-order chi connectivity index (χ0) is 8.85. The Hall–Kier alpha value is -0.900. The van der Waals surface area contributed by atoms with Gasteiger partial charge in [-0.15, -0.1) is 0 Å². The summed E-state index contributed by atoms with van der Waals surface area (Å²) < 4.78 is 4.51. The Morgan fingerprint density at radius 2 is 2.09 bits per heavy atom. The maximum Gasteiger partial charge on any atom is 0.308 e. The molecule has 0 rings (SSSR count). The lowest BCUT2D eigenvalue weighted by molar-refractivity contribution is -0.147. The van der Waals surface area contributed by atoms with Crippen molar-refractivity contribution in [2.75, 3.05) is 6.61 Å². The van der Waals surface area contributed by atoms with Crippen LogP contribution in [0.15, 0.2) is 0 Å². The van der Waals surface area contributed by atoms with Gasteiger partial charge >= 0.3 is 5.97 Å². The first kappa shape index (κ1) is 10.1. The van der Waals surface area contributed by atoms with E-state index in [1.807, 2.05) is 0 Å². The van der Waals surface area contributed by atoms with E-state index in [9.17, 15) is 9.59 Å². The molecular formula is C7H12O4. The van der Waals surface area contributed by atoms with Crippen molar-refractivity contribution in [3.8, 4) is 0 Å². The molecule has 0 saturated carbocycles. The van der Waals surface area contributed by atoms with Crippen LogP contribution < -0.4 is 0 Å². The van der Waals surface area contributed by atoms with Gasteiger partial charge in [-0.1, -0.05) is 0 Å². The van der Waals surface area contributed by atoms with Crippen molar-refractivity contribution in [1.82, 2.24) is 0 Å². The first-order valence-electron chi connectivity index (χ1n) is 3.42. The normalized spacial score (nSPS) is 12.3. The fourth-order valence-corrected chi connectivity index (χ4v) is 0.522. The average molecular weight is 160 g/mol. The minimum atomic E-state index is -1.21. The van der Waals surface area contributed by atoms with Crippen molar-refractivity contribution < 1.29 is 19.4 Å². The molecule has 11 heavy (non-hydrogen) atoms. The number of esters is 1. The molecule has 4 nitrogen and oxygen atoms in total. The third kappa shape index (κ3) is 4.50. The molecule has 0 aromatic heterocycles. The van der Waals surface area contributed by atoms with E-state index >= 15 is 0 Å². The summed E-state index contributed by atoms with van der Waals surface area (Å²) in [6, 6.07) is 0. The highest BCUT2D eigenvalue weighted by Crippen LogP contribution is 1.95. The highest BCUT2D eigenvalue weighted by molar-refractivity contribution is 5.85. The molecule has 0 amide bonds. The molecule has 1 atom stereocenters. The van der Waals surface area contributed by atoms with Crippen LogP contribution in [-0.2, 0) is 14.3 Å². The van der Waals surface area contributed by atoms with Crippen LogP contribution in [0.4, 0.5) is 0 Å². The van der Waals surface area contributed by atoms with Crippen molar-refractivity contribution >= 4 is 11.8 Å². The standard InChI is InChI=1S/C7H12O4/c1-3-11-7(10)4-6(9)5(2)8/h6,9H,3-4H2,1-2H3. The smallest absolute Gasteiger partial charge is 0.308 e. The molecule has 1 N–H and O–H groups in total. The summed E-state index contributed by atoms with van der Waals surface area (Å²) >= 11 is 0. The van der Waals surface area contributed by atoms with Gasteiger partial charge in [0, 0.05) is 0 Å². The summed E-state index contributed by atoms with van der Waals surface area (Å²) in [7, 11) is 0. The van der Waals surface area contributed by atoms with Crippen molar-refractivity contribution in [2.24, 2.45) is 0 Å². The Morgan fingerprint density at radius 3 is 2.45 bits per heavy atom. The summed E-state index contributed by atoms with van der Waals surface area (Å²) in [5, 5.41) is 8.87. The maximum absolute atomic E-state index is 10.6. The highest BCUT2D eigenvalue weighted by atomic mass is 16.5. The third-order valence-corrected chi connectivity index (χ3v) is 1.13. The first-order valence-corrected chi connectivity index (χ1v) is 3.42. The predicted molar refractivity (Wildman–Crippen MR) is 37.9 cm³/mol. The molecule has 0 radical (unpaired) electrons. The van der Waals surface area contributed by atoms with Crippen LogP contribution in [0, 0.1) is 0 Å². The molecule has 0 fully saturated rings. The van der Waals surface area contributed by atoms with Crippen LogP contribution in [0.2, 0.25) is 0 Å². The van der Waals surface area contributed by atoms with E-state index in [1.54, 1.807) is 6.92 Å². The number of ketones is 1. The van der Waals surface area contributed by atoms with Crippen molar-refractivity contribution in [2.45, 2.75) is 26.4 Å². The van der Waals surface area contributed by atoms with Crippen LogP contribution in [0.25, 0.3) is 0 Å². The number of hydrogen-bond acceptors (Lipinski definition) is 4. The van der Waals surface area contributed by atoms with Gasteiger partial charge in [0.25, 0.3) is 0 Å². The third-order valence-electron chi connectivity index (χ3n) is 1.13. The van der Waals surface area contributed by atoms with Crippen LogP contribution in [-0.4, -0.2) is 29.6 Å². The molecule has 0 aromatic carbocycles. The maximum atomic E-state index is 10.6. The van der Waals surface area contributed by atoms with Crippen molar-refractivity contribution in [3.63, 3.8) is 0 Å². The van der Waals surface area contributed by atoms with Gasteiger partial charge in [-0.2, -0.15) is 0 Å². The van der Waals surface area contributed by atoms with Gasteiger partial charge in [-0.25, -0.2) is 0 Å². The molecule has 0 heterocycles. The van der Waals surface area contributed by atoms with Crippen LogP contribution >= 0.6 is 0 Å². The molecule has 0 aliphatic carbocycles. The predicted octanol–water partition coefficient (Wildman–Crippen LogP) is -0.111. The molecule has 4 heteroatoms. The van der Waals surface area contributed by atoms with E-state index in [2.05, 4.69) is 4.74 Å². The number of carbonyl (C=O) groups excluding carboxylic acids is 2. The lowest BCUT2D eigenvalue weighted by atomic mass is 10.2. The lowest BCUT2D eigenvalue weighted by Crippen LogP contribution is -2.22. The quantitative estimate of drug-likeness (QED) is 0.583. The van der Waals surface area contributed by atoms with Crippen LogP contribution in [0.3, 0.4) is 0 Å². The lowest BCUT2D eigenvalue weighted by Gasteiger charge is -2.04. The number of aliphatic hydroxyl groups excluding tert-OH is 1. The Kier molecular flexibility index (Phi) is 4.45. The Balaban J connectivity index is 3.66. The first-order chi connectivity index (χ1) is 5.07. The van der Waals surface area contributed by atoms with Gasteiger partial charge in [0.2, 0.25) is 0 Å². The summed E-state index contributed by atoms with van der Waals surface area (Å²) in [6.07, 6.45) is -1.46. The molecule has 1 unspecified atom stereocenters. The zero-order valence-electron chi connectivity index (χ0n) is 6.66. The molecule has 0 saturated heterocycles. The van der Waals surface area contributed by atoms with Gasteiger partial charge < -0.3 is 9.84 Å². The topological polar surface area (TPSA) is 63.6 Å². The SMILES string of the molecule is CCOC(=O)CC(O)C(C)=O. The van der Waals surface area contributed by atoms with E-state index in [4.69, 9.17) is 5.11 Å². The molecule has 0 bridgehead atoms. The number of hydrogen-bond donors (Lipinski definition) is 1. The number of Topliss-reactive ketones (excluding diaryl/α,β-unsaturated/α-hetero) is 1. The molecule has 0 aliphatic rings. The van der Waals surface area contributed by atoms with E-state index in [0.29, 0.717) is 0 Å². The fraction of sp³-hybridized carbons (Fsp3) is 0.714. The van der Waals surface area contributed by atoms with Crippen molar-refractivity contribution in [3.05, 3.63) is 0 Å². The fourth-order valence-electron chi connectivity index (χ4n) is 0.522. The Morgan fingerprint density at radius 1 is 1.55 bits per heavy atom. The average Bonchev–Trinajstić information content (AvgIpc) is 1.87. The van der Waals surface area contributed by atoms with E-state index in [1.165, 1.54) is 6.92 Å². The zero-order valence-corrected chi connectivity index (χ0v) is 6.66. The van der Waals surface area contributed by atoms with Crippen LogP contribution in [0.1, 0.15) is 20.3 Å². The molecular weight excluding hydrogens is 148 g/mol. The highest BCUT2D eigenvalue weighted by Gasteiger charge is 2.14. The Labute approximate surface area is 65.2 Å². The minimum Gasteiger partial charge on any atom is -0.466 e. The molecule has 0 aromatic rings. The molecule has 0 aliphatic heterocycles. The number of ether oxygens (including phenoxy) is 1. The monoisotopic (exact) mass is 160 g/mol. The second-order valence-electron chi connectivity index (χ2n) is 2.14. The molecule has 64 valence electrons. The van der Waals surface area contributed by atoms with Gasteiger partial charge in [0.05, 0.1) is 13.0 Å². The van der Waals surface area contributed by atoms with Gasteiger partial charge in [0.15, 0.2) is 5.78 Å². The van der Waals surface area contributed by atoms with Crippen molar-refractivity contribution in [1.29, 1.82) is 0 Å². The van der Waals surface area contributed by atoms with Gasteiger partial charge in [0.1, 0.15) is 6.10 Å². The largest absolute Gasteiger partial charge is 0.466 e.